The number of rotatable bonds is 7. The van der Waals surface area contributed by atoms with Crippen molar-refractivity contribution in [3.63, 3.8) is 0 Å². The van der Waals surface area contributed by atoms with Gasteiger partial charge in [-0.15, -0.1) is 0 Å². The van der Waals surface area contributed by atoms with Crippen LogP contribution in [0.1, 0.15) is 12.3 Å². The molecule has 144 valence electrons. The van der Waals surface area contributed by atoms with Crippen molar-refractivity contribution in [2.24, 2.45) is 0 Å². The quantitative estimate of drug-likeness (QED) is 0.503. The maximum atomic E-state index is 12.4. The number of benzene rings is 2. The van der Waals surface area contributed by atoms with E-state index in [9.17, 15) is 4.79 Å². The average molecular weight is 386 g/mol. The Morgan fingerprint density at radius 2 is 1.83 bits per heavy atom. The number of carbonyl (C=O) groups is 1. The van der Waals surface area contributed by atoms with Gasteiger partial charge in [0.05, 0.1) is 5.69 Å². The molecule has 0 radical (unpaired) electrons. The normalized spacial score (nSPS) is 10.5. The van der Waals surface area contributed by atoms with Crippen molar-refractivity contribution in [2.45, 2.75) is 12.8 Å². The fraction of sp³-hybridized carbons (Fsp3) is 0.0909. The molecule has 0 aliphatic carbocycles. The molecule has 0 aliphatic heterocycles. The number of carbonyl (C=O) groups excluding carboxylic acids is 1. The zero-order chi connectivity index (χ0) is 19.9. The van der Waals surface area contributed by atoms with Crippen LogP contribution in [-0.4, -0.2) is 21.0 Å². The van der Waals surface area contributed by atoms with E-state index in [1.165, 1.54) is 0 Å². The van der Waals surface area contributed by atoms with Crippen molar-refractivity contribution >= 4 is 11.6 Å². The number of amides is 1. The van der Waals surface area contributed by atoms with Crippen LogP contribution in [0.15, 0.2) is 83.6 Å². The van der Waals surface area contributed by atoms with Gasteiger partial charge in [-0.05, 0) is 36.4 Å². The molecule has 0 saturated heterocycles. The Morgan fingerprint density at radius 1 is 1.00 bits per heavy atom. The van der Waals surface area contributed by atoms with Crippen molar-refractivity contribution < 1.29 is 14.1 Å². The van der Waals surface area contributed by atoms with Gasteiger partial charge in [0.25, 0.3) is 0 Å². The monoisotopic (exact) mass is 386 g/mol. The van der Waals surface area contributed by atoms with Crippen molar-refractivity contribution in [3.05, 3.63) is 85.0 Å². The Labute approximate surface area is 167 Å². The first kappa shape index (κ1) is 18.4. The SMILES string of the molecule is O=C(CCc1nc(-c2cccnc2)no1)Nc1ccccc1Oc1ccccc1. The molecule has 0 fully saturated rings. The summed E-state index contributed by atoms with van der Waals surface area (Å²) in [5.74, 6) is 1.95. The second-order valence-electron chi connectivity index (χ2n) is 6.21. The number of pyridine rings is 1. The second-order valence-corrected chi connectivity index (χ2v) is 6.21. The van der Waals surface area contributed by atoms with Gasteiger partial charge in [-0.2, -0.15) is 4.98 Å². The summed E-state index contributed by atoms with van der Waals surface area (Å²) in [5.41, 5.74) is 1.36. The highest BCUT2D eigenvalue weighted by molar-refractivity contribution is 5.92. The molecule has 4 rings (SSSR count). The van der Waals surface area contributed by atoms with Crippen molar-refractivity contribution in [3.8, 4) is 22.9 Å². The highest BCUT2D eigenvalue weighted by Gasteiger charge is 2.12. The summed E-state index contributed by atoms with van der Waals surface area (Å²) in [4.78, 5) is 20.7. The molecule has 1 amide bonds. The van der Waals surface area contributed by atoms with Gasteiger partial charge in [0.1, 0.15) is 5.75 Å². The Balaban J connectivity index is 1.36. The number of para-hydroxylation sites is 3. The zero-order valence-electron chi connectivity index (χ0n) is 15.5. The molecule has 4 aromatic rings. The molecule has 2 heterocycles. The molecule has 0 saturated carbocycles. The van der Waals surface area contributed by atoms with E-state index in [4.69, 9.17) is 9.26 Å². The summed E-state index contributed by atoms with van der Waals surface area (Å²) in [7, 11) is 0. The predicted octanol–water partition coefficient (Wildman–Crippen LogP) is 4.50. The first-order valence-corrected chi connectivity index (χ1v) is 9.13. The smallest absolute Gasteiger partial charge is 0.227 e. The molecule has 0 aliphatic rings. The van der Waals surface area contributed by atoms with Crippen LogP contribution < -0.4 is 10.1 Å². The van der Waals surface area contributed by atoms with Crippen LogP contribution in [0.4, 0.5) is 5.69 Å². The highest BCUT2D eigenvalue weighted by Crippen LogP contribution is 2.29. The van der Waals surface area contributed by atoms with Gasteiger partial charge >= 0.3 is 0 Å². The van der Waals surface area contributed by atoms with Crippen LogP contribution in [0.2, 0.25) is 0 Å². The molecule has 29 heavy (non-hydrogen) atoms. The summed E-state index contributed by atoms with van der Waals surface area (Å²) in [6, 6.07) is 20.3. The molecule has 7 heteroatoms. The maximum Gasteiger partial charge on any atom is 0.227 e. The van der Waals surface area contributed by atoms with Gasteiger partial charge in [-0.1, -0.05) is 35.5 Å². The number of anilines is 1. The number of hydrogen-bond donors (Lipinski definition) is 1. The molecule has 0 spiro atoms. The van der Waals surface area contributed by atoms with Crippen molar-refractivity contribution in [1.29, 1.82) is 0 Å². The minimum absolute atomic E-state index is 0.171. The van der Waals surface area contributed by atoms with E-state index >= 15 is 0 Å². The van der Waals surface area contributed by atoms with E-state index in [2.05, 4.69) is 20.4 Å². The van der Waals surface area contributed by atoms with E-state index in [1.807, 2.05) is 48.5 Å². The fourth-order valence-electron chi connectivity index (χ4n) is 2.68. The Hall–Kier alpha value is -4.00. The predicted molar refractivity (Wildman–Crippen MR) is 107 cm³/mol. The molecule has 0 atom stereocenters. The van der Waals surface area contributed by atoms with E-state index in [0.29, 0.717) is 35.3 Å². The lowest BCUT2D eigenvalue weighted by Gasteiger charge is -2.11. The maximum absolute atomic E-state index is 12.4. The van der Waals surface area contributed by atoms with Crippen LogP contribution in [0.25, 0.3) is 11.4 Å². The van der Waals surface area contributed by atoms with Crippen LogP contribution in [0.5, 0.6) is 11.5 Å². The van der Waals surface area contributed by atoms with Gasteiger partial charge in [-0.3, -0.25) is 9.78 Å². The summed E-state index contributed by atoms with van der Waals surface area (Å²) >= 11 is 0. The topological polar surface area (TPSA) is 90.1 Å². The van der Waals surface area contributed by atoms with Gasteiger partial charge in [0.2, 0.25) is 17.6 Å². The summed E-state index contributed by atoms with van der Waals surface area (Å²) in [5, 5.41) is 6.81. The molecule has 2 aromatic carbocycles. The minimum atomic E-state index is -0.171. The molecule has 0 unspecified atom stereocenters. The van der Waals surface area contributed by atoms with Gasteiger partial charge < -0.3 is 14.6 Å². The summed E-state index contributed by atoms with van der Waals surface area (Å²) in [6.45, 7) is 0. The van der Waals surface area contributed by atoms with Crippen LogP contribution in [0, 0.1) is 0 Å². The summed E-state index contributed by atoms with van der Waals surface area (Å²) in [6.07, 6.45) is 3.87. The first-order chi connectivity index (χ1) is 14.3. The number of nitrogens with zero attached hydrogens (tertiary/aromatic N) is 3. The van der Waals surface area contributed by atoms with E-state index in [0.717, 1.165) is 5.56 Å². The number of ether oxygens (including phenoxy) is 1. The Bertz CT molecular complexity index is 1080. The number of nitrogens with one attached hydrogen (secondary N) is 1. The minimum Gasteiger partial charge on any atom is -0.455 e. The van der Waals surface area contributed by atoms with Crippen molar-refractivity contribution in [1.82, 2.24) is 15.1 Å². The largest absolute Gasteiger partial charge is 0.455 e. The third-order valence-electron chi connectivity index (χ3n) is 4.09. The van der Waals surface area contributed by atoms with Gasteiger partial charge in [-0.25, -0.2) is 0 Å². The Morgan fingerprint density at radius 3 is 2.66 bits per heavy atom. The van der Waals surface area contributed by atoms with Crippen molar-refractivity contribution in [2.75, 3.05) is 5.32 Å². The summed E-state index contributed by atoms with van der Waals surface area (Å²) < 4.78 is 11.1. The van der Waals surface area contributed by atoms with Gasteiger partial charge in [0.15, 0.2) is 5.75 Å². The molecule has 1 N–H and O–H groups in total. The third kappa shape index (κ3) is 4.84. The van der Waals surface area contributed by atoms with E-state index in [-0.39, 0.29) is 12.3 Å². The zero-order valence-corrected chi connectivity index (χ0v) is 15.5. The van der Waals surface area contributed by atoms with E-state index in [1.54, 1.807) is 30.6 Å². The molecule has 7 nitrogen and oxygen atoms in total. The molecule has 2 aromatic heterocycles. The van der Waals surface area contributed by atoms with Crippen LogP contribution >= 0.6 is 0 Å². The van der Waals surface area contributed by atoms with Gasteiger partial charge in [0, 0.05) is 30.8 Å². The average Bonchev–Trinajstić information content (AvgIpc) is 3.24. The Kier molecular flexibility index (Phi) is 5.57. The van der Waals surface area contributed by atoms with Crippen LogP contribution in [-0.2, 0) is 11.2 Å². The lowest BCUT2D eigenvalue weighted by molar-refractivity contribution is -0.116. The number of hydrogen-bond acceptors (Lipinski definition) is 6. The molecular formula is C22H18N4O3. The standard InChI is InChI=1S/C22H18N4O3/c27-20(12-13-21-25-22(26-29-21)16-7-6-14-23-15-16)24-18-10-4-5-11-19(18)28-17-8-2-1-3-9-17/h1-11,14-15H,12-13H2,(H,24,27). The second kappa shape index (κ2) is 8.79. The first-order valence-electron chi connectivity index (χ1n) is 9.13. The lowest BCUT2D eigenvalue weighted by atomic mass is 10.2. The van der Waals surface area contributed by atoms with Crippen LogP contribution in [0.3, 0.4) is 0 Å². The molecule has 0 bridgehead atoms. The third-order valence-corrected chi connectivity index (χ3v) is 4.09. The lowest BCUT2D eigenvalue weighted by Crippen LogP contribution is -2.13. The highest BCUT2D eigenvalue weighted by atomic mass is 16.5. The number of aromatic nitrogens is 3. The number of aryl methyl sites for hydroxylation is 1. The van der Waals surface area contributed by atoms with E-state index < -0.39 is 0 Å². The fourth-order valence-corrected chi connectivity index (χ4v) is 2.68. The molecular weight excluding hydrogens is 368 g/mol.